The molecule has 0 unspecified atom stereocenters. The summed E-state index contributed by atoms with van der Waals surface area (Å²) < 4.78 is 13.3. The fourth-order valence-corrected chi connectivity index (χ4v) is 4.34. The molecule has 0 saturated heterocycles. The minimum atomic E-state index is -0.960. The number of hydrogen-bond acceptors (Lipinski definition) is 5. The van der Waals surface area contributed by atoms with Gasteiger partial charge in [0.05, 0.1) is 40.5 Å². The van der Waals surface area contributed by atoms with E-state index in [-0.39, 0.29) is 12.2 Å². The second-order valence-electron chi connectivity index (χ2n) is 8.26. The van der Waals surface area contributed by atoms with Crippen molar-refractivity contribution in [2.75, 3.05) is 7.11 Å². The van der Waals surface area contributed by atoms with E-state index < -0.39 is 5.97 Å². The minimum Gasteiger partial charge on any atom is -0.489 e. The zero-order valence-corrected chi connectivity index (χ0v) is 20.3. The first kappa shape index (κ1) is 23.7. The van der Waals surface area contributed by atoms with E-state index in [1.54, 1.807) is 32.4 Å². The largest absolute Gasteiger partial charge is 0.489 e. The number of ether oxygens (including phenoxy) is 2. The van der Waals surface area contributed by atoms with Crippen molar-refractivity contribution < 1.29 is 19.4 Å². The average Bonchev–Trinajstić information content (AvgIpc) is 3.10. The number of carboxylic acid groups (broad SMARTS) is 1. The molecule has 4 aromatic rings. The fraction of sp³-hybridized carbons (Fsp3) is 0.269. The molecule has 34 heavy (non-hydrogen) atoms. The van der Waals surface area contributed by atoms with Crippen LogP contribution >= 0.6 is 11.6 Å². The van der Waals surface area contributed by atoms with Crippen LogP contribution in [0.15, 0.2) is 42.6 Å². The number of pyridine rings is 1. The van der Waals surface area contributed by atoms with Gasteiger partial charge in [0.2, 0.25) is 0 Å². The van der Waals surface area contributed by atoms with Crippen LogP contribution in [0.4, 0.5) is 0 Å². The van der Waals surface area contributed by atoms with Crippen molar-refractivity contribution >= 4 is 28.6 Å². The van der Waals surface area contributed by atoms with Gasteiger partial charge >= 0.3 is 5.97 Å². The maximum Gasteiger partial charge on any atom is 0.336 e. The molecular weight excluding hydrogens is 454 g/mol. The molecule has 8 heteroatoms. The molecule has 2 aromatic carbocycles. The van der Waals surface area contributed by atoms with Gasteiger partial charge in [-0.3, -0.25) is 4.98 Å². The van der Waals surface area contributed by atoms with Gasteiger partial charge in [-0.15, -0.1) is 0 Å². The van der Waals surface area contributed by atoms with Crippen LogP contribution in [0.5, 0.6) is 5.75 Å². The Kier molecular flexibility index (Phi) is 6.86. The second-order valence-corrected chi connectivity index (χ2v) is 8.67. The number of aryl methyl sites for hydroxylation is 3. The number of methoxy groups -OCH3 is 1. The highest BCUT2D eigenvalue weighted by molar-refractivity contribution is 6.31. The number of aromatic carboxylic acids is 1. The van der Waals surface area contributed by atoms with E-state index in [0.717, 1.165) is 33.7 Å². The molecule has 0 saturated carbocycles. The number of fused-ring (bicyclic) bond motifs is 1. The molecule has 0 aliphatic rings. The van der Waals surface area contributed by atoms with E-state index in [9.17, 15) is 9.90 Å². The first-order valence-electron chi connectivity index (χ1n) is 10.8. The van der Waals surface area contributed by atoms with Gasteiger partial charge < -0.3 is 19.1 Å². The lowest BCUT2D eigenvalue weighted by Gasteiger charge is -2.13. The number of aromatic nitrogens is 3. The van der Waals surface area contributed by atoms with E-state index in [4.69, 9.17) is 26.1 Å². The predicted molar refractivity (Wildman–Crippen MR) is 131 cm³/mol. The van der Waals surface area contributed by atoms with Crippen molar-refractivity contribution in [1.29, 1.82) is 0 Å². The Morgan fingerprint density at radius 3 is 2.62 bits per heavy atom. The summed E-state index contributed by atoms with van der Waals surface area (Å²) in [6.07, 6.45) is 1.76. The summed E-state index contributed by atoms with van der Waals surface area (Å²) in [5.41, 5.74) is 5.99. The Hall–Kier alpha value is -3.42. The normalized spacial score (nSPS) is 11.2. The summed E-state index contributed by atoms with van der Waals surface area (Å²) in [6, 6.07) is 11.1. The number of rotatable bonds is 8. The van der Waals surface area contributed by atoms with Crippen LogP contribution in [0.2, 0.25) is 5.02 Å². The Labute approximate surface area is 202 Å². The summed E-state index contributed by atoms with van der Waals surface area (Å²) in [4.78, 5) is 21.0. The highest BCUT2D eigenvalue weighted by atomic mass is 35.5. The topological polar surface area (TPSA) is 86.5 Å². The van der Waals surface area contributed by atoms with Crippen molar-refractivity contribution in [3.05, 3.63) is 87.0 Å². The summed E-state index contributed by atoms with van der Waals surface area (Å²) >= 11 is 6.49. The standard InChI is InChI=1S/C26H26ClN3O4/c1-15-6-5-7-19(24(15)26(31)32)14-34-20-8-16(2)25-23(10-20)30(17(3)29-25)12-22-21(27)9-18(11-28-22)13-33-4/h5-11H,12-14H2,1-4H3,(H,31,32). The maximum absolute atomic E-state index is 11.7. The van der Waals surface area contributed by atoms with Crippen LogP contribution < -0.4 is 4.74 Å². The third-order valence-corrected chi connectivity index (χ3v) is 6.10. The zero-order valence-electron chi connectivity index (χ0n) is 19.6. The summed E-state index contributed by atoms with van der Waals surface area (Å²) in [5, 5.41) is 10.2. The molecule has 0 amide bonds. The SMILES string of the molecule is COCc1cnc(Cn2c(C)nc3c(C)cc(OCc4cccc(C)c4C(=O)O)cc32)c(Cl)c1. The lowest BCUT2D eigenvalue weighted by molar-refractivity contribution is 0.0693. The van der Waals surface area contributed by atoms with E-state index in [1.165, 1.54) is 0 Å². The van der Waals surface area contributed by atoms with Crippen LogP contribution in [0.3, 0.4) is 0 Å². The number of benzene rings is 2. The number of carboxylic acids is 1. The molecule has 7 nitrogen and oxygen atoms in total. The number of nitrogens with zero attached hydrogens (tertiary/aromatic N) is 3. The highest BCUT2D eigenvalue weighted by Gasteiger charge is 2.16. The minimum absolute atomic E-state index is 0.149. The molecular formula is C26H26ClN3O4. The lowest BCUT2D eigenvalue weighted by atomic mass is 10.0. The molecule has 2 heterocycles. The van der Waals surface area contributed by atoms with E-state index in [2.05, 4.69) is 9.55 Å². The van der Waals surface area contributed by atoms with E-state index in [0.29, 0.717) is 35.1 Å². The van der Waals surface area contributed by atoms with Crippen molar-refractivity contribution in [1.82, 2.24) is 14.5 Å². The Bertz CT molecular complexity index is 1380. The van der Waals surface area contributed by atoms with Gasteiger partial charge in [-0.2, -0.15) is 0 Å². The third-order valence-electron chi connectivity index (χ3n) is 5.77. The zero-order chi connectivity index (χ0) is 24.4. The third kappa shape index (κ3) is 4.76. The lowest BCUT2D eigenvalue weighted by Crippen LogP contribution is -2.08. The molecule has 0 radical (unpaired) electrons. The van der Waals surface area contributed by atoms with Gasteiger partial charge in [0.1, 0.15) is 18.2 Å². The highest BCUT2D eigenvalue weighted by Crippen LogP contribution is 2.28. The van der Waals surface area contributed by atoms with Crippen molar-refractivity contribution in [2.24, 2.45) is 0 Å². The Morgan fingerprint density at radius 1 is 1.12 bits per heavy atom. The number of carbonyl (C=O) groups is 1. The molecule has 0 aliphatic heterocycles. The smallest absolute Gasteiger partial charge is 0.336 e. The monoisotopic (exact) mass is 479 g/mol. The quantitative estimate of drug-likeness (QED) is 0.360. The van der Waals surface area contributed by atoms with Crippen molar-refractivity contribution in [3.8, 4) is 5.75 Å². The van der Waals surface area contributed by atoms with Gasteiger partial charge in [0.25, 0.3) is 0 Å². The van der Waals surface area contributed by atoms with Crippen LogP contribution in [-0.2, 0) is 24.5 Å². The first-order chi connectivity index (χ1) is 16.3. The van der Waals surface area contributed by atoms with E-state index >= 15 is 0 Å². The summed E-state index contributed by atoms with van der Waals surface area (Å²) in [6.45, 7) is 6.76. The molecule has 0 fully saturated rings. The Morgan fingerprint density at radius 2 is 1.91 bits per heavy atom. The molecule has 0 aliphatic carbocycles. The second kappa shape index (κ2) is 9.83. The number of imidazole rings is 1. The average molecular weight is 480 g/mol. The fourth-order valence-electron chi connectivity index (χ4n) is 4.09. The van der Waals surface area contributed by atoms with Crippen LogP contribution in [0.1, 0.15) is 44.1 Å². The first-order valence-corrected chi connectivity index (χ1v) is 11.2. The van der Waals surface area contributed by atoms with Gasteiger partial charge in [0, 0.05) is 24.9 Å². The van der Waals surface area contributed by atoms with Crippen molar-refractivity contribution in [3.63, 3.8) is 0 Å². The maximum atomic E-state index is 11.7. The van der Waals surface area contributed by atoms with Crippen molar-refractivity contribution in [2.45, 2.75) is 40.5 Å². The van der Waals surface area contributed by atoms with Crippen LogP contribution in [0, 0.1) is 20.8 Å². The molecule has 0 atom stereocenters. The molecule has 0 spiro atoms. The molecule has 1 N–H and O–H groups in total. The van der Waals surface area contributed by atoms with Gasteiger partial charge in [-0.25, -0.2) is 9.78 Å². The summed E-state index contributed by atoms with van der Waals surface area (Å²) in [7, 11) is 1.63. The number of halogens is 1. The van der Waals surface area contributed by atoms with Crippen LogP contribution in [-0.4, -0.2) is 32.7 Å². The molecule has 176 valence electrons. The Balaban J connectivity index is 1.65. The van der Waals surface area contributed by atoms with Crippen LogP contribution in [0.25, 0.3) is 11.0 Å². The predicted octanol–water partition coefficient (Wildman–Crippen LogP) is 5.48. The molecule has 0 bridgehead atoms. The van der Waals surface area contributed by atoms with E-state index in [1.807, 2.05) is 38.1 Å². The van der Waals surface area contributed by atoms with Gasteiger partial charge in [-0.05, 0) is 49.6 Å². The molecule has 4 rings (SSSR count). The summed E-state index contributed by atoms with van der Waals surface area (Å²) in [5.74, 6) is 0.511. The molecule has 2 aromatic heterocycles. The van der Waals surface area contributed by atoms with Gasteiger partial charge in [0.15, 0.2) is 0 Å². The number of hydrogen-bond donors (Lipinski definition) is 1. The van der Waals surface area contributed by atoms with Gasteiger partial charge in [-0.1, -0.05) is 29.8 Å².